The summed E-state index contributed by atoms with van der Waals surface area (Å²) in [5.41, 5.74) is 3.75. The van der Waals surface area contributed by atoms with Gasteiger partial charge in [0.05, 0.1) is 5.69 Å². The van der Waals surface area contributed by atoms with Crippen LogP contribution in [0.3, 0.4) is 0 Å². The standard InChI is InChI=1S/C26H33N7O2/c1-2-33-24(25(34)28-13-16-32-14-4-3-5-15-32)17-23(31-33)21-8-10-22(11-9-21)30-26(35)29-19-20-7-6-12-27-18-20/h6-12,17-18H,2-5,13-16,19H2,1H3,(H,28,34)(H2,29,30,35). The maximum absolute atomic E-state index is 12.8. The summed E-state index contributed by atoms with van der Waals surface area (Å²) in [4.78, 5) is 31.4. The van der Waals surface area contributed by atoms with Crippen LogP contribution in [0.1, 0.15) is 42.2 Å². The van der Waals surface area contributed by atoms with Gasteiger partial charge in [-0.15, -0.1) is 0 Å². The third-order valence-electron chi connectivity index (χ3n) is 6.09. The van der Waals surface area contributed by atoms with Crippen LogP contribution >= 0.6 is 0 Å². The number of aromatic nitrogens is 3. The molecule has 35 heavy (non-hydrogen) atoms. The molecule has 3 aromatic rings. The number of nitrogens with zero attached hydrogens (tertiary/aromatic N) is 4. The molecular formula is C26H33N7O2. The fraction of sp³-hybridized carbons (Fsp3) is 0.385. The number of carbonyl (C=O) groups is 2. The Bertz CT molecular complexity index is 1110. The molecule has 184 valence electrons. The number of hydrogen-bond acceptors (Lipinski definition) is 5. The van der Waals surface area contributed by atoms with Crippen molar-refractivity contribution in [2.45, 2.75) is 39.3 Å². The van der Waals surface area contributed by atoms with Crippen molar-refractivity contribution in [2.75, 3.05) is 31.5 Å². The van der Waals surface area contributed by atoms with Gasteiger partial charge in [-0.25, -0.2) is 4.79 Å². The number of likely N-dealkylation sites (tertiary alicyclic amines) is 1. The van der Waals surface area contributed by atoms with Gasteiger partial charge >= 0.3 is 6.03 Å². The third kappa shape index (κ3) is 6.89. The van der Waals surface area contributed by atoms with E-state index in [1.165, 1.54) is 19.3 Å². The topological polar surface area (TPSA) is 104 Å². The number of hydrogen-bond donors (Lipinski definition) is 3. The number of piperidine rings is 1. The summed E-state index contributed by atoms with van der Waals surface area (Å²) >= 11 is 0. The highest BCUT2D eigenvalue weighted by Gasteiger charge is 2.16. The Morgan fingerprint density at radius 1 is 1.03 bits per heavy atom. The van der Waals surface area contributed by atoms with Crippen molar-refractivity contribution < 1.29 is 9.59 Å². The van der Waals surface area contributed by atoms with Crippen molar-refractivity contribution in [1.82, 2.24) is 30.3 Å². The number of urea groups is 1. The molecule has 0 atom stereocenters. The van der Waals surface area contributed by atoms with Crippen LogP contribution in [0.2, 0.25) is 0 Å². The monoisotopic (exact) mass is 475 g/mol. The Morgan fingerprint density at radius 3 is 2.54 bits per heavy atom. The maximum Gasteiger partial charge on any atom is 0.319 e. The molecule has 1 fully saturated rings. The molecule has 1 aliphatic rings. The first-order valence-electron chi connectivity index (χ1n) is 12.2. The molecular weight excluding hydrogens is 442 g/mol. The summed E-state index contributed by atoms with van der Waals surface area (Å²) in [5.74, 6) is -0.105. The van der Waals surface area contributed by atoms with Crippen molar-refractivity contribution in [3.63, 3.8) is 0 Å². The van der Waals surface area contributed by atoms with Gasteiger partial charge < -0.3 is 20.9 Å². The number of benzene rings is 1. The lowest BCUT2D eigenvalue weighted by Gasteiger charge is -2.26. The second kappa shape index (κ2) is 12.1. The Kier molecular flexibility index (Phi) is 8.45. The lowest BCUT2D eigenvalue weighted by atomic mass is 10.1. The molecule has 0 bridgehead atoms. The largest absolute Gasteiger partial charge is 0.349 e. The van der Waals surface area contributed by atoms with Gasteiger partial charge in [0.2, 0.25) is 0 Å². The lowest BCUT2D eigenvalue weighted by Crippen LogP contribution is -2.38. The van der Waals surface area contributed by atoms with Crippen molar-refractivity contribution in [1.29, 1.82) is 0 Å². The van der Waals surface area contributed by atoms with Crippen molar-refractivity contribution in [3.05, 3.63) is 66.1 Å². The Morgan fingerprint density at radius 2 is 1.83 bits per heavy atom. The molecule has 1 aliphatic heterocycles. The highest BCUT2D eigenvalue weighted by molar-refractivity contribution is 5.94. The molecule has 0 radical (unpaired) electrons. The molecule has 0 spiro atoms. The van der Waals surface area contributed by atoms with Crippen molar-refractivity contribution in [2.24, 2.45) is 0 Å². The van der Waals surface area contributed by atoms with E-state index in [1.807, 2.05) is 49.4 Å². The summed E-state index contributed by atoms with van der Waals surface area (Å²) < 4.78 is 1.73. The van der Waals surface area contributed by atoms with Gasteiger partial charge in [0.25, 0.3) is 5.91 Å². The first kappa shape index (κ1) is 24.4. The van der Waals surface area contributed by atoms with Gasteiger partial charge in [-0.3, -0.25) is 14.5 Å². The third-order valence-corrected chi connectivity index (χ3v) is 6.09. The highest BCUT2D eigenvalue weighted by atomic mass is 16.2. The van der Waals surface area contributed by atoms with Crippen molar-refractivity contribution in [3.8, 4) is 11.3 Å². The maximum atomic E-state index is 12.8. The molecule has 0 unspecified atom stereocenters. The summed E-state index contributed by atoms with van der Waals surface area (Å²) in [6, 6.07) is 12.7. The van der Waals surface area contributed by atoms with E-state index in [4.69, 9.17) is 0 Å². The number of anilines is 1. The molecule has 0 saturated carbocycles. The first-order chi connectivity index (χ1) is 17.1. The van der Waals surface area contributed by atoms with Gasteiger partial charge in [-0.05, 0) is 62.7 Å². The van der Waals surface area contributed by atoms with Crippen LogP contribution in [-0.4, -0.2) is 57.8 Å². The van der Waals surface area contributed by atoms with Crippen LogP contribution in [-0.2, 0) is 13.1 Å². The smallest absolute Gasteiger partial charge is 0.319 e. The molecule has 3 amide bonds. The first-order valence-corrected chi connectivity index (χ1v) is 12.2. The zero-order valence-corrected chi connectivity index (χ0v) is 20.2. The SMILES string of the molecule is CCn1nc(-c2ccc(NC(=O)NCc3cccnc3)cc2)cc1C(=O)NCCN1CCCCC1. The molecule has 0 aliphatic carbocycles. The van der Waals surface area contributed by atoms with Crippen LogP contribution in [0, 0.1) is 0 Å². The van der Waals surface area contributed by atoms with Gasteiger partial charge in [-0.1, -0.05) is 24.6 Å². The van der Waals surface area contributed by atoms with Gasteiger partial charge in [0, 0.05) is 49.8 Å². The number of carbonyl (C=O) groups excluding carboxylic acids is 2. The van der Waals surface area contributed by atoms with E-state index in [2.05, 4.69) is 30.9 Å². The molecule has 3 N–H and O–H groups in total. The van der Waals surface area contributed by atoms with Crippen LogP contribution in [0.15, 0.2) is 54.9 Å². The van der Waals surface area contributed by atoms with Crippen LogP contribution < -0.4 is 16.0 Å². The summed E-state index contributed by atoms with van der Waals surface area (Å²) in [6.45, 7) is 6.71. The van der Waals surface area contributed by atoms with E-state index < -0.39 is 0 Å². The number of nitrogens with one attached hydrogen (secondary N) is 3. The summed E-state index contributed by atoms with van der Waals surface area (Å²) in [6.07, 6.45) is 7.20. The fourth-order valence-corrected chi connectivity index (χ4v) is 4.17. The zero-order chi connectivity index (χ0) is 24.5. The average molecular weight is 476 g/mol. The minimum absolute atomic E-state index is 0.105. The number of rotatable bonds is 9. The number of pyridine rings is 1. The molecule has 4 rings (SSSR count). The summed E-state index contributed by atoms with van der Waals surface area (Å²) in [7, 11) is 0. The zero-order valence-electron chi connectivity index (χ0n) is 20.2. The Labute approximate surface area is 205 Å². The van der Waals surface area contributed by atoms with E-state index in [1.54, 1.807) is 17.1 Å². The quantitative estimate of drug-likeness (QED) is 0.439. The van der Waals surface area contributed by atoms with Gasteiger partial charge in [-0.2, -0.15) is 5.10 Å². The Hall–Kier alpha value is -3.72. The second-order valence-corrected chi connectivity index (χ2v) is 8.64. The molecule has 2 aromatic heterocycles. The van der Waals surface area contributed by atoms with Gasteiger partial charge in [0.1, 0.15) is 5.69 Å². The fourth-order valence-electron chi connectivity index (χ4n) is 4.17. The normalized spacial score (nSPS) is 13.9. The predicted octanol–water partition coefficient (Wildman–Crippen LogP) is 3.50. The predicted molar refractivity (Wildman–Crippen MR) is 136 cm³/mol. The minimum atomic E-state index is -0.291. The van der Waals surface area contributed by atoms with Crippen LogP contribution in [0.25, 0.3) is 11.3 Å². The average Bonchev–Trinajstić information content (AvgIpc) is 3.34. The van der Waals surface area contributed by atoms with E-state index in [0.717, 1.165) is 36.5 Å². The minimum Gasteiger partial charge on any atom is -0.349 e. The van der Waals surface area contributed by atoms with Crippen molar-refractivity contribution >= 4 is 17.6 Å². The highest BCUT2D eigenvalue weighted by Crippen LogP contribution is 2.22. The molecule has 9 heteroatoms. The second-order valence-electron chi connectivity index (χ2n) is 8.64. The molecule has 1 aromatic carbocycles. The van der Waals surface area contributed by atoms with Gasteiger partial charge in [0.15, 0.2) is 0 Å². The van der Waals surface area contributed by atoms with E-state index in [0.29, 0.717) is 31.0 Å². The number of aryl methyl sites for hydroxylation is 1. The van der Waals surface area contributed by atoms with E-state index >= 15 is 0 Å². The number of amides is 3. The molecule has 1 saturated heterocycles. The molecule has 3 heterocycles. The lowest BCUT2D eigenvalue weighted by molar-refractivity contribution is 0.0936. The Balaban J connectivity index is 1.32. The van der Waals surface area contributed by atoms with E-state index in [9.17, 15) is 9.59 Å². The van der Waals surface area contributed by atoms with E-state index in [-0.39, 0.29) is 11.9 Å². The summed E-state index contributed by atoms with van der Waals surface area (Å²) in [5, 5.41) is 13.3. The van der Waals surface area contributed by atoms with Crippen LogP contribution in [0.4, 0.5) is 10.5 Å². The van der Waals surface area contributed by atoms with Crippen LogP contribution in [0.5, 0.6) is 0 Å². The molecule has 9 nitrogen and oxygen atoms in total.